The lowest BCUT2D eigenvalue weighted by atomic mass is 10.1. The van der Waals surface area contributed by atoms with Gasteiger partial charge in [0.05, 0.1) is 0 Å². The highest BCUT2D eigenvalue weighted by molar-refractivity contribution is 5.71. The van der Waals surface area contributed by atoms with Crippen molar-refractivity contribution in [3.8, 4) is 0 Å². The van der Waals surface area contributed by atoms with Gasteiger partial charge in [0.1, 0.15) is 11.3 Å². The van der Waals surface area contributed by atoms with E-state index in [9.17, 15) is 0 Å². The Labute approximate surface area is 106 Å². The lowest BCUT2D eigenvalue weighted by molar-refractivity contribution is 0.405. The first-order chi connectivity index (χ1) is 8.72. The Morgan fingerprint density at radius 3 is 2.61 bits per heavy atom. The molecule has 2 aromatic heterocycles. The topological polar surface area (TPSA) is 53.9 Å². The standard InChI is InChI=1S/C13H17N5/c1-9-7-18(8-10(2)16-9)12-4-3-11-13(17-12)15-6-5-14-11/h3-6,9-10,16H,7-8H2,1-2H3/t9-,10+. The molecular formula is C13H17N5. The molecule has 1 fully saturated rings. The first-order valence-electron chi connectivity index (χ1n) is 6.31. The molecule has 2 aromatic rings. The van der Waals surface area contributed by atoms with E-state index >= 15 is 0 Å². The molecule has 1 N–H and O–H groups in total. The van der Waals surface area contributed by atoms with Crippen LogP contribution in [0.1, 0.15) is 13.8 Å². The van der Waals surface area contributed by atoms with Crippen LogP contribution in [-0.2, 0) is 0 Å². The van der Waals surface area contributed by atoms with E-state index in [1.165, 1.54) is 0 Å². The molecule has 1 aliphatic rings. The van der Waals surface area contributed by atoms with Crippen molar-refractivity contribution in [2.75, 3.05) is 18.0 Å². The third-order valence-corrected chi connectivity index (χ3v) is 3.20. The van der Waals surface area contributed by atoms with Gasteiger partial charge in [-0.05, 0) is 26.0 Å². The van der Waals surface area contributed by atoms with Gasteiger partial charge in [0.25, 0.3) is 0 Å². The van der Waals surface area contributed by atoms with Crippen LogP contribution in [-0.4, -0.2) is 40.1 Å². The fourth-order valence-corrected chi connectivity index (χ4v) is 2.53. The quantitative estimate of drug-likeness (QED) is 0.816. The number of nitrogens with one attached hydrogen (secondary N) is 1. The number of pyridine rings is 1. The van der Waals surface area contributed by atoms with Crippen molar-refractivity contribution in [1.29, 1.82) is 0 Å². The van der Waals surface area contributed by atoms with Crippen molar-refractivity contribution in [3.05, 3.63) is 24.5 Å². The zero-order valence-electron chi connectivity index (χ0n) is 10.7. The highest BCUT2D eigenvalue weighted by Gasteiger charge is 2.21. The molecule has 18 heavy (non-hydrogen) atoms. The molecule has 3 heterocycles. The Bertz CT molecular complexity index is 546. The van der Waals surface area contributed by atoms with Crippen molar-refractivity contribution < 1.29 is 0 Å². The average Bonchev–Trinajstić information content (AvgIpc) is 2.37. The van der Waals surface area contributed by atoms with Crippen LogP contribution in [0.2, 0.25) is 0 Å². The summed E-state index contributed by atoms with van der Waals surface area (Å²) in [5.41, 5.74) is 1.56. The molecule has 0 radical (unpaired) electrons. The van der Waals surface area contributed by atoms with Gasteiger partial charge in [0, 0.05) is 37.6 Å². The summed E-state index contributed by atoms with van der Waals surface area (Å²) in [5.74, 6) is 0.989. The van der Waals surface area contributed by atoms with Crippen molar-refractivity contribution >= 4 is 17.0 Å². The zero-order valence-corrected chi connectivity index (χ0v) is 10.7. The third-order valence-electron chi connectivity index (χ3n) is 3.20. The largest absolute Gasteiger partial charge is 0.353 e. The van der Waals surface area contributed by atoms with Crippen molar-refractivity contribution in [2.45, 2.75) is 25.9 Å². The molecule has 0 spiro atoms. The van der Waals surface area contributed by atoms with Crippen LogP contribution >= 0.6 is 0 Å². The maximum atomic E-state index is 4.59. The van der Waals surface area contributed by atoms with E-state index < -0.39 is 0 Å². The normalized spacial score (nSPS) is 24.4. The molecule has 5 heteroatoms. The Kier molecular flexibility index (Phi) is 2.83. The summed E-state index contributed by atoms with van der Waals surface area (Å²) < 4.78 is 0. The molecular weight excluding hydrogens is 226 g/mol. The van der Waals surface area contributed by atoms with Crippen LogP contribution in [0.5, 0.6) is 0 Å². The summed E-state index contributed by atoms with van der Waals surface area (Å²) >= 11 is 0. The van der Waals surface area contributed by atoms with Gasteiger partial charge in [-0.2, -0.15) is 0 Å². The minimum Gasteiger partial charge on any atom is -0.353 e. The lowest BCUT2D eigenvalue weighted by Gasteiger charge is -2.36. The smallest absolute Gasteiger partial charge is 0.180 e. The highest BCUT2D eigenvalue weighted by Crippen LogP contribution is 2.17. The molecule has 1 saturated heterocycles. The number of rotatable bonds is 1. The molecule has 1 aliphatic heterocycles. The first-order valence-corrected chi connectivity index (χ1v) is 6.31. The van der Waals surface area contributed by atoms with E-state index in [-0.39, 0.29) is 0 Å². The number of aromatic nitrogens is 3. The molecule has 0 aromatic carbocycles. The second-order valence-electron chi connectivity index (χ2n) is 4.94. The molecule has 0 saturated carbocycles. The number of fused-ring (bicyclic) bond motifs is 1. The minimum absolute atomic E-state index is 0.480. The Morgan fingerprint density at radius 2 is 1.83 bits per heavy atom. The third kappa shape index (κ3) is 2.13. The molecule has 3 rings (SSSR count). The van der Waals surface area contributed by atoms with Gasteiger partial charge in [-0.25, -0.2) is 9.97 Å². The summed E-state index contributed by atoms with van der Waals surface area (Å²) in [4.78, 5) is 15.4. The van der Waals surface area contributed by atoms with E-state index in [2.05, 4.69) is 39.0 Å². The van der Waals surface area contributed by atoms with Crippen LogP contribution in [0.4, 0.5) is 5.82 Å². The van der Waals surface area contributed by atoms with Gasteiger partial charge in [-0.1, -0.05) is 0 Å². The average molecular weight is 243 g/mol. The van der Waals surface area contributed by atoms with E-state index in [1.807, 2.05) is 12.1 Å². The first kappa shape index (κ1) is 11.3. The highest BCUT2D eigenvalue weighted by atomic mass is 15.3. The summed E-state index contributed by atoms with van der Waals surface area (Å²) in [6, 6.07) is 4.98. The lowest BCUT2D eigenvalue weighted by Crippen LogP contribution is -2.54. The molecule has 2 atom stereocenters. The summed E-state index contributed by atoms with van der Waals surface area (Å²) in [6.45, 7) is 6.35. The van der Waals surface area contributed by atoms with Crippen LogP contribution in [0.15, 0.2) is 24.5 Å². The number of nitrogens with zero attached hydrogens (tertiary/aromatic N) is 4. The summed E-state index contributed by atoms with van der Waals surface area (Å²) in [7, 11) is 0. The predicted molar refractivity (Wildman–Crippen MR) is 71.6 cm³/mol. The number of anilines is 1. The second-order valence-corrected chi connectivity index (χ2v) is 4.94. The van der Waals surface area contributed by atoms with Crippen molar-refractivity contribution in [3.63, 3.8) is 0 Å². The fourth-order valence-electron chi connectivity index (χ4n) is 2.53. The summed E-state index contributed by atoms with van der Waals surface area (Å²) in [6.07, 6.45) is 3.38. The molecule has 0 aliphatic carbocycles. The molecule has 0 bridgehead atoms. The van der Waals surface area contributed by atoms with Crippen LogP contribution in [0.25, 0.3) is 11.2 Å². The molecule has 94 valence electrons. The maximum Gasteiger partial charge on any atom is 0.180 e. The summed E-state index contributed by atoms with van der Waals surface area (Å²) in [5, 5.41) is 3.52. The van der Waals surface area contributed by atoms with Gasteiger partial charge in [0.2, 0.25) is 0 Å². The van der Waals surface area contributed by atoms with Crippen LogP contribution in [0.3, 0.4) is 0 Å². The Morgan fingerprint density at radius 1 is 1.11 bits per heavy atom. The van der Waals surface area contributed by atoms with E-state index in [4.69, 9.17) is 0 Å². The monoisotopic (exact) mass is 243 g/mol. The molecule has 0 amide bonds. The van der Waals surface area contributed by atoms with E-state index in [0.717, 1.165) is 24.4 Å². The van der Waals surface area contributed by atoms with Crippen molar-refractivity contribution in [1.82, 2.24) is 20.3 Å². The van der Waals surface area contributed by atoms with E-state index in [0.29, 0.717) is 17.7 Å². The molecule has 5 nitrogen and oxygen atoms in total. The predicted octanol–water partition coefficient (Wildman–Crippen LogP) is 1.21. The van der Waals surface area contributed by atoms with Gasteiger partial charge in [-0.15, -0.1) is 0 Å². The van der Waals surface area contributed by atoms with Crippen LogP contribution < -0.4 is 10.2 Å². The zero-order chi connectivity index (χ0) is 12.5. The minimum atomic E-state index is 0.480. The van der Waals surface area contributed by atoms with Crippen molar-refractivity contribution in [2.24, 2.45) is 0 Å². The van der Waals surface area contributed by atoms with Gasteiger partial charge in [-0.3, -0.25) is 4.98 Å². The SMILES string of the molecule is C[C@@H]1CN(c2ccc3nccnc3n2)C[C@H](C)N1. The maximum absolute atomic E-state index is 4.59. The van der Waals surface area contributed by atoms with Gasteiger partial charge in [0.15, 0.2) is 5.65 Å². The van der Waals surface area contributed by atoms with Gasteiger partial charge < -0.3 is 10.2 Å². The number of piperazine rings is 1. The number of hydrogen-bond donors (Lipinski definition) is 1. The van der Waals surface area contributed by atoms with E-state index in [1.54, 1.807) is 12.4 Å². The van der Waals surface area contributed by atoms with Crippen LogP contribution in [0, 0.1) is 0 Å². The number of hydrogen-bond acceptors (Lipinski definition) is 5. The molecule has 0 unspecified atom stereocenters. The van der Waals surface area contributed by atoms with Gasteiger partial charge >= 0.3 is 0 Å². The fraction of sp³-hybridized carbons (Fsp3) is 0.462. The Balaban J connectivity index is 1.93. The second kappa shape index (κ2) is 4.49. The Hall–Kier alpha value is -1.75.